The van der Waals surface area contributed by atoms with Gasteiger partial charge in [0.2, 0.25) is 0 Å². The van der Waals surface area contributed by atoms with Crippen LogP contribution in [0.1, 0.15) is 46.0 Å². The van der Waals surface area contributed by atoms with Crippen LogP contribution in [0.3, 0.4) is 0 Å². The molecule has 0 aliphatic carbocycles. The van der Waals surface area contributed by atoms with Gasteiger partial charge >= 0.3 is 0 Å². The Bertz CT molecular complexity index is 107. The van der Waals surface area contributed by atoms with Gasteiger partial charge in [0, 0.05) is 5.38 Å². The summed E-state index contributed by atoms with van der Waals surface area (Å²) in [5.74, 6) is 0. The van der Waals surface area contributed by atoms with Crippen molar-refractivity contribution in [2.75, 3.05) is 0 Å². The summed E-state index contributed by atoms with van der Waals surface area (Å²) in [4.78, 5) is 0. The van der Waals surface area contributed by atoms with E-state index in [0.717, 1.165) is 6.42 Å². The topological polar surface area (TPSA) is 0 Å². The van der Waals surface area contributed by atoms with E-state index in [-0.39, 0.29) is 5.38 Å². The van der Waals surface area contributed by atoms with Gasteiger partial charge in [-0.25, -0.2) is 0 Å². The van der Waals surface area contributed by atoms with Crippen molar-refractivity contribution in [3.8, 4) is 0 Å². The molecule has 0 aliphatic heterocycles. The average molecular weight is 232 g/mol. The number of unbranched alkanes of at least 4 members (excludes halogenated alkanes) is 2. The Morgan fingerprint density at radius 3 is 2.25 bits per heavy atom. The molecule has 0 aliphatic rings. The van der Waals surface area contributed by atoms with Gasteiger partial charge in [-0.2, -0.15) is 0 Å². The second-order valence-corrected chi connectivity index (χ2v) is 5.85. The monoisotopic (exact) mass is 230 g/mol. The Morgan fingerprint density at radius 2 is 1.83 bits per heavy atom. The molecule has 0 saturated carbocycles. The van der Waals surface area contributed by atoms with Crippen LogP contribution in [-0.4, -0.2) is 9.71 Å². The lowest BCUT2D eigenvalue weighted by Gasteiger charge is -2.17. The number of hydrogen-bond donors (Lipinski definition) is 0. The quantitative estimate of drug-likeness (QED) is 0.457. The number of hydrogen-bond acceptors (Lipinski definition) is 0. The molecule has 74 valence electrons. The van der Waals surface area contributed by atoms with Gasteiger partial charge in [0.1, 0.15) is 4.33 Å². The van der Waals surface area contributed by atoms with Crippen molar-refractivity contribution in [2.24, 2.45) is 0 Å². The predicted molar refractivity (Wildman–Crippen MR) is 58.5 cm³/mol. The first kappa shape index (κ1) is 12.9. The summed E-state index contributed by atoms with van der Waals surface area (Å²) in [5, 5.41) is 0.122. The molecule has 0 amide bonds. The van der Waals surface area contributed by atoms with E-state index in [1.165, 1.54) is 19.3 Å². The van der Waals surface area contributed by atoms with Crippen LogP contribution in [0.15, 0.2) is 0 Å². The van der Waals surface area contributed by atoms with Crippen LogP contribution in [0.25, 0.3) is 0 Å². The molecule has 0 spiro atoms. The Hall–Kier alpha value is 0.870. The fourth-order valence-electron chi connectivity index (χ4n) is 1.11. The third-order valence-corrected chi connectivity index (χ3v) is 2.38. The molecule has 3 heteroatoms. The van der Waals surface area contributed by atoms with Gasteiger partial charge in [-0.15, -0.1) is 34.8 Å². The summed E-state index contributed by atoms with van der Waals surface area (Å²) < 4.78 is -0.668. The maximum atomic E-state index is 6.03. The molecule has 0 aromatic heterocycles. The molecule has 0 saturated heterocycles. The van der Waals surface area contributed by atoms with Crippen LogP contribution in [0, 0.1) is 0 Å². The van der Waals surface area contributed by atoms with Crippen molar-refractivity contribution in [3.05, 3.63) is 0 Å². The van der Waals surface area contributed by atoms with Crippen LogP contribution < -0.4 is 0 Å². The lowest BCUT2D eigenvalue weighted by atomic mass is 10.1. The van der Waals surface area contributed by atoms with E-state index in [1.807, 2.05) is 0 Å². The average Bonchev–Trinajstić information content (AvgIpc) is 1.84. The minimum Gasteiger partial charge on any atom is -0.123 e. The van der Waals surface area contributed by atoms with Crippen molar-refractivity contribution in [2.45, 2.75) is 55.7 Å². The van der Waals surface area contributed by atoms with Crippen molar-refractivity contribution >= 4 is 34.8 Å². The Kier molecular flexibility index (Phi) is 6.80. The second-order valence-electron chi connectivity index (χ2n) is 3.37. The summed E-state index contributed by atoms with van der Waals surface area (Å²) in [7, 11) is 0. The van der Waals surface area contributed by atoms with Crippen LogP contribution in [0.2, 0.25) is 0 Å². The molecule has 0 N–H and O–H groups in total. The third kappa shape index (κ3) is 8.96. The Labute approximate surface area is 90.6 Å². The smallest absolute Gasteiger partial charge is 0.117 e. The number of alkyl halides is 3. The molecular formula is C9H17Cl3. The summed E-state index contributed by atoms with van der Waals surface area (Å²) >= 11 is 17.7. The third-order valence-electron chi connectivity index (χ3n) is 1.70. The Balaban J connectivity index is 3.40. The van der Waals surface area contributed by atoms with Crippen LogP contribution in [0.4, 0.5) is 0 Å². The van der Waals surface area contributed by atoms with Crippen LogP contribution >= 0.6 is 34.8 Å². The zero-order chi connectivity index (χ0) is 9.61. The van der Waals surface area contributed by atoms with Gasteiger partial charge in [0.25, 0.3) is 0 Å². The summed E-state index contributed by atoms with van der Waals surface area (Å²) in [5.41, 5.74) is 0. The maximum absolute atomic E-state index is 6.03. The van der Waals surface area contributed by atoms with Gasteiger partial charge in [-0.1, -0.05) is 26.2 Å². The molecular weight excluding hydrogens is 214 g/mol. The number of rotatable bonds is 6. The zero-order valence-electron chi connectivity index (χ0n) is 7.75. The molecule has 0 aromatic rings. The molecule has 0 bridgehead atoms. The highest BCUT2D eigenvalue weighted by atomic mass is 35.5. The van der Waals surface area contributed by atoms with Crippen LogP contribution in [-0.2, 0) is 0 Å². The van der Waals surface area contributed by atoms with Gasteiger partial charge in [0.05, 0.1) is 0 Å². The number of halogens is 3. The molecule has 0 fully saturated rings. The fraction of sp³-hybridized carbons (Fsp3) is 1.00. The minimum atomic E-state index is -0.668. The van der Waals surface area contributed by atoms with Crippen LogP contribution in [0.5, 0.6) is 0 Å². The predicted octanol–water partition coefficient (Wildman–Crippen LogP) is 4.76. The van der Waals surface area contributed by atoms with E-state index in [4.69, 9.17) is 34.8 Å². The lowest BCUT2D eigenvalue weighted by molar-refractivity contribution is 0.596. The fourth-order valence-corrected chi connectivity index (χ4v) is 2.10. The van der Waals surface area contributed by atoms with Gasteiger partial charge in [-0.05, 0) is 19.8 Å². The first-order chi connectivity index (χ1) is 5.45. The largest absolute Gasteiger partial charge is 0.123 e. The van der Waals surface area contributed by atoms with E-state index < -0.39 is 4.33 Å². The minimum absolute atomic E-state index is 0.122. The highest BCUT2D eigenvalue weighted by Gasteiger charge is 2.20. The van der Waals surface area contributed by atoms with E-state index in [9.17, 15) is 0 Å². The maximum Gasteiger partial charge on any atom is 0.117 e. The molecule has 1 atom stereocenters. The SMILES string of the molecule is CCCCCC(Cl)CC(C)(Cl)Cl. The van der Waals surface area contributed by atoms with Crippen molar-refractivity contribution in [1.82, 2.24) is 0 Å². The highest BCUT2D eigenvalue weighted by molar-refractivity contribution is 6.48. The molecule has 1 unspecified atom stereocenters. The zero-order valence-corrected chi connectivity index (χ0v) is 10.0. The second kappa shape index (κ2) is 6.34. The Morgan fingerprint density at radius 1 is 1.25 bits per heavy atom. The van der Waals surface area contributed by atoms with E-state index in [1.54, 1.807) is 6.92 Å². The van der Waals surface area contributed by atoms with E-state index in [2.05, 4.69) is 6.92 Å². The normalized spacial score (nSPS) is 14.8. The summed E-state index contributed by atoms with van der Waals surface area (Å²) in [6.07, 6.45) is 5.33. The molecule has 0 radical (unpaired) electrons. The van der Waals surface area contributed by atoms with E-state index in [0.29, 0.717) is 6.42 Å². The van der Waals surface area contributed by atoms with E-state index >= 15 is 0 Å². The van der Waals surface area contributed by atoms with Gasteiger partial charge in [-0.3, -0.25) is 0 Å². The molecule has 0 rings (SSSR count). The lowest BCUT2D eigenvalue weighted by Crippen LogP contribution is -2.14. The molecule has 12 heavy (non-hydrogen) atoms. The first-order valence-electron chi connectivity index (χ1n) is 4.47. The molecule has 0 nitrogen and oxygen atoms in total. The first-order valence-corrected chi connectivity index (χ1v) is 5.67. The molecule has 0 heterocycles. The van der Waals surface area contributed by atoms with Crippen molar-refractivity contribution in [3.63, 3.8) is 0 Å². The standard InChI is InChI=1S/C9H17Cl3/c1-3-4-5-6-8(10)7-9(2,11)12/h8H,3-7H2,1-2H3. The van der Waals surface area contributed by atoms with Crippen molar-refractivity contribution in [1.29, 1.82) is 0 Å². The molecule has 0 aromatic carbocycles. The summed E-state index contributed by atoms with van der Waals surface area (Å²) in [6, 6.07) is 0. The van der Waals surface area contributed by atoms with Crippen molar-refractivity contribution < 1.29 is 0 Å². The highest BCUT2D eigenvalue weighted by Crippen LogP contribution is 2.29. The van der Waals surface area contributed by atoms with Gasteiger partial charge in [0.15, 0.2) is 0 Å². The summed E-state index contributed by atoms with van der Waals surface area (Å²) in [6.45, 7) is 3.96. The van der Waals surface area contributed by atoms with Gasteiger partial charge < -0.3 is 0 Å².